The number of carbonyl (C=O) groups is 2. The van der Waals surface area contributed by atoms with Crippen LogP contribution in [0.15, 0.2) is 24.5 Å². The number of esters is 1. The Balaban J connectivity index is 2.23. The van der Waals surface area contributed by atoms with E-state index >= 15 is 0 Å². The van der Waals surface area contributed by atoms with Crippen molar-refractivity contribution < 1.29 is 14.3 Å². The standard InChI is InChI=1S/C14H18N2O3/c1-2-19-14(18)12(11-6-5-7-15-10-11)13(17)16-8-3-4-9-16/h5-7,10,12H,2-4,8-9H2,1H3/t12-/m0/s1. The molecule has 1 aromatic heterocycles. The second-order valence-electron chi connectivity index (χ2n) is 4.50. The van der Waals surface area contributed by atoms with Crippen LogP contribution in [0.2, 0.25) is 0 Å². The van der Waals surface area contributed by atoms with Crippen molar-refractivity contribution in [3.8, 4) is 0 Å². The third-order valence-electron chi connectivity index (χ3n) is 3.20. The first kappa shape index (κ1) is 13.5. The minimum atomic E-state index is -0.883. The number of carbonyl (C=O) groups excluding carboxylic acids is 2. The zero-order valence-electron chi connectivity index (χ0n) is 11.0. The van der Waals surface area contributed by atoms with Gasteiger partial charge in [0.1, 0.15) is 0 Å². The van der Waals surface area contributed by atoms with Crippen molar-refractivity contribution in [2.75, 3.05) is 19.7 Å². The van der Waals surface area contributed by atoms with Crippen molar-refractivity contribution in [1.29, 1.82) is 0 Å². The highest BCUT2D eigenvalue weighted by atomic mass is 16.5. The van der Waals surface area contributed by atoms with Gasteiger partial charge in [-0.05, 0) is 31.4 Å². The number of hydrogen-bond donors (Lipinski definition) is 0. The summed E-state index contributed by atoms with van der Waals surface area (Å²) in [5.74, 6) is -1.55. The molecule has 0 spiro atoms. The number of amides is 1. The lowest BCUT2D eigenvalue weighted by atomic mass is 9.99. The number of rotatable bonds is 4. The van der Waals surface area contributed by atoms with Crippen molar-refractivity contribution in [2.24, 2.45) is 0 Å². The van der Waals surface area contributed by atoms with Crippen LogP contribution in [0, 0.1) is 0 Å². The van der Waals surface area contributed by atoms with Crippen LogP contribution >= 0.6 is 0 Å². The van der Waals surface area contributed by atoms with E-state index in [-0.39, 0.29) is 12.5 Å². The van der Waals surface area contributed by atoms with Gasteiger partial charge in [0.2, 0.25) is 5.91 Å². The quantitative estimate of drug-likeness (QED) is 0.607. The van der Waals surface area contributed by atoms with Gasteiger partial charge in [-0.25, -0.2) is 0 Å². The lowest BCUT2D eigenvalue weighted by Crippen LogP contribution is -2.37. The summed E-state index contributed by atoms with van der Waals surface area (Å²) < 4.78 is 5.02. The zero-order valence-corrected chi connectivity index (χ0v) is 11.0. The minimum Gasteiger partial charge on any atom is -0.465 e. The number of ether oxygens (including phenoxy) is 1. The van der Waals surface area contributed by atoms with E-state index in [1.807, 2.05) is 0 Å². The first-order valence-corrected chi connectivity index (χ1v) is 6.59. The molecule has 5 nitrogen and oxygen atoms in total. The topological polar surface area (TPSA) is 59.5 Å². The Morgan fingerprint density at radius 3 is 2.74 bits per heavy atom. The Bertz CT molecular complexity index is 441. The molecule has 0 unspecified atom stereocenters. The molecule has 1 fully saturated rings. The van der Waals surface area contributed by atoms with Crippen LogP contribution in [0.1, 0.15) is 31.2 Å². The predicted molar refractivity (Wildman–Crippen MR) is 69.4 cm³/mol. The highest BCUT2D eigenvalue weighted by Gasteiger charge is 2.34. The first-order valence-electron chi connectivity index (χ1n) is 6.59. The van der Waals surface area contributed by atoms with Gasteiger partial charge in [0.25, 0.3) is 0 Å². The molecule has 0 bridgehead atoms. The van der Waals surface area contributed by atoms with Gasteiger partial charge in [-0.2, -0.15) is 0 Å². The predicted octanol–water partition coefficient (Wildman–Crippen LogP) is 1.35. The van der Waals surface area contributed by atoms with Gasteiger partial charge in [0.05, 0.1) is 6.61 Å². The third-order valence-corrected chi connectivity index (χ3v) is 3.20. The van der Waals surface area contributed by atoms with Crippen LogP contribution in [0.3, 0.4) is 0 Å². The van der Waals surface area contributed by atoms with Gasteiger partial charge in [-0.15, -0.1) is 0 Å². The van der Waals surface area contributed by atoms with Crippen LogP contribution in [-0.4, -0.2) is 41.5 Å². The van der Waals surface area contributed by atoms with E-state index in [1.54, 1.807) is 36.4 Å². The van der Waals surface area contributed by atoms with E-state index < -0.39 is 11.9 Å². The summed E-state index contributed by atoms with van der Waals surface area (Å²) in [7, 11) is 0. The fourth-order valence-electron chi connectivity index (χ4n) is 2.27. The van der Waals surface area contributed by atoms with Crippen LogP contribution < -0.4 is 0 Å². The molecule has 2 rings (SSSR count). The fourth-order valence-corrected chi connectivity index (χ4v) is 2.27. The normalized spacial score (nSPS) is 16.2. The van der Waals surface area contributed by atoms with E-state index in [2.05, 4.69) is 4.98 Å². The van der Waals surface area contributed by atoms with Crippen LogP contribution in [-0.2, 0) is 14.3 Å². The van der Waals surface area contributed by atoms with Gasteiger partial charge >= 0.3 is 5.97 Å². The molecule has 0 saturated carbocycles. The van der Waals surface area contributed by atoms with E-state index in [1.165, 1.54) is 0 Å². The van der Waals surface area contributed by atoms with Crippen molar-refractivity contribution in [2.45, 2.75) is 25.7 Å². The smallest absolute Gasteiger partial charge is 0.323 e. The minimum absolute atomic E-state index is 0.177. The van der Waals surface area contributed by atoms with Crippen molar-refractivity contribution in [1.82, 2.24) is 9.88 Å². The molecule has 1 aromatic rings. The monoisotopic (exact) mass is 262 g/mol. The summed E-state index contributed by atoms with van der Waals surface area (Å²) in [5.41, 5.74) is 0.595. The molecule has 0 aliphatic carbocycles. The fraction of sp³-hybridized carbons (Fsp3) is 0.500. The Morgan fingerprint density at radius 2 is 2.16 bits per heavy atom. The van der Waals surface area contributed by atoms with Crippen molar-refractivity contribution in [3.63, 3.8) is 0 Å². The van der Waals surface area contributed by atoms with E-state index in [4.69, 9.17) is 4.74 Å². The summed E-state index contributed by atoms with van der Waals surface area (Å²) in [6.45, 7) is 3.44. The molecule has 19 heavy (non-hydrogen) atoms. The second-order valence-corrected chi connectivity index (χ2v) is 4.50. The van der Waals surface area contributed by atoms with Gasteiger partial charge in [-0.1, -0.05) is 6.07 Å². The maximum Gasteiger partial charge on any atom is 0.323 e. The van der Waals surface area contributed by atoms with Crippen LogP contribution in [0.25, 0.3) is 0 Å². The Kier molecular flexibility index (Phi) is 4.49. The number of likely N-dealkylation sites (tertiary alicyclic amines) is 1. The molecule has 1 saturated heterocycles. The molecule has 0 radical (unpaired) electrons. The lowest BCUT2D eigenvalue weighted by molar-refractivity contribution is -0.151. The van der Waals surface area contributed by atoms with Crippen molar-refractivity contribution >= 4 is 11.9 Å². The highest BCUT2D eigenvalue weighted by Crippen LogP contribution is 2.22. The molecule has 5 heteroatoms. The zero-order chi connectivity index (χ0) is 13.7. The van der Waals surface area contributed by atoms with Gasteiger partial charge in [-0.3, -0.25) is 14.6 Å². The number of nitrogens with zero attached hydrogens (tertiary/aromatic N) is 2. The first-order chi connectivity index (χ1) is 9.24. The highest BCUT2D eigenvalue weighted by molar-refractivity contribution is 6.03. The molecule has 1 amide bonds. The average molecular weight is 262 g/mol. The Morgan fingerprint density at radius 1 is 1.42 bits per heavy atom. The van der Waals surface area contributed by atoms with Gasteiger partial charge in [0.15, 0.2) is 5.92 Å². The Labute approximate surface area is 112 Å². The van der Waals surface area contributed by atoms with E-state index in [9.17, 15) is 9.59 Å². The molecule has 1 aliphatic rings. The molecule has 0 aromatic carbocycles. The van der Waals surface area contributed by atoms with Crippen molar-refractivity contribution in [3.05, 3.63) is 30.1 Å². The molecule has 0 N–H and O–H groups in total. The maximum absolute atomic E-state index is 12.5. The molecule has 2 heterocycles. The third kappa shape index (κ3) is 3.10. The molecule has 102 valence electrons. The van der Waals surface area contributed by atoms with E-state index in [0.717, 1.165) is 25.9 Å². The van der Waals surface area contributed by atoms with Gasteiger partial charge < -0.3 is 9.64 Å². The average Bonchev–Trinajstić information content (AvgIpc) is 2.94. The largest absolute Gasteiger partial charge is 0.465 e. The molecular formula is C14H18N2O3. The second kappa shape index (κ2) is 6.31. The summed E-state index contributed by atoms with van der Waals surface area (Å²) in [6.07, 6.45) is 5.16. The summed E-state index contributed by atoms with van der Waals surface area (Å²) in [5, 5.41) is 0. The summed E-state index contributed by atoms with van der Waals surface area (Å²) >= 11 is 0. The molecular weight excluding hydrogens is 244 g/mol. The Hall–Kier alpha value is -1.91. The lowest BCUT2D eigenvalue weighted by Gasteiger charge is -2.21. The number of aromatic nitrogens is 1. The summed E-state index contributed by atoms with van der Waals surface area (Å²) in [4.78, 5) is 30.2. The van der Waals surface area contributed by atoms with Gasteiger partial charge in [0, 0.05) is 25.5 Å². The van der Waals surface area contributed by atoms with Crippen LogP contribution in [0.5, 0.6) is 0 Å². The maximum atomic E-state index is 12.5. The number of hydrogen-bond acceptors (Lipinski definition) is 4. The number of pyridine rings is 1. The molecule has 1 aliphatic heterocycles. The van der Waals surface area contributed by atoms with E-state index in [0.29, 0.717) is 5.56 Å². The SMILES string of the molecule is CCOC(=O)[C@H](C(=O)N1CCCC1)c1cccnc1. The summed E-state index contributed by atoms with van der Waals surface area (Å²) in [6, 6.07) is 3.46. The van der Waals surface area contributed by atoms with Crippen LogP contribution in [0.4, 0.5) is 0 Å². The molecule has 1 atom stereocenters.